The van der Waals surface area contributed by atoms with Crippen LogP contribution in [0.25, 0.3) is 0 Å². The Labute approximate surface area is 111 Å². The number of carbonyl (C=O) groups is 1. The zero-order chi connectivity index (χ0) is 13.0. The zero-order valence-corrected chi connectivity index (χ0v) is 11.6. The Balaban J connectivity index is 1.89. The van der Waals surface area contributed by atoms with Crippen molar-refractivity contribution in [3.05, 3.63) is 16.1 Å². The normalized spacial score (nSPS) is 19.8. The molecular formula is C12H19N3O2S. The van der Waals surface area contributed by atoms with E-state index >= 15 is 0 Å². The number of carbonyl (C=O) groups excluding carboxylic acids is 1. The number of nitrogens with zero attached hydrogens (tertiary/aromatic N) is 2. The monoisotopic (exact) mass is 269 g/mol. The average Bonchev–Trinajstić information content (AvgIpc) is 2.86. The first kappa shape index (κ1) is 13.5. The third-order valence-corrected chi connectivity index (χ3v) is 4.03. The van der Waals surface area contributed by atoms with E-state index in [1.54, 1.807) is 23.3 Å². The maximum atomic E-state index is 12.1. The summed E-state index contributed by atoms with van der Waals surface area (Å²) in [6, 6.07) is 0. The summed E-state index contributed by atoms with van der Waals surface area (Å²) in [6.45, 7) is 4.68. The molecule has 1 fully saturated rings. The van der Waals surface area contributed by atoms with Gasteiger partial charge in [-0.1, -0.05) is 6.92 Å². The molecule has 1 N–H and O–H groups in total. The second-order valence-electron chi connectivity index (χ2n) is 4.33. The molecule has 1 atom stereocenters. The second-order valence-corrected chi connectivity index (χ2v) is 5.53. The fourth-order valence-corrected chi connectivity index (χ4v) is 2.75. The van der Waals surface area contributed by atoms with Crippen LogP contribution in [0.2, 0.25) is 0 Å². The van der Waals surface area contributed by atoms with Crippen molar-refractivity contribution >= 4 is 17.2 Å². The van der Waals surface area contributed by atoms with E-state index < -0.39 is 0 Å². The van der Waals surface area contributed by atoms with Crippen molar-refractivity contribution in [3.8, 4) is 0 Å². The van der Waals surface area contributed by atoms with Gasteiger partial charge in [0.25, 0.3) is 5.91 Å². The zero-order valence-electron chi connectivity index (χ0n) is 10.8. The Bertz CT molecular complexity index is 402. The van der Waals surface area contributed by atoms with Crippen LogP contribution in [0, 0.1) is 0 Å². The van der Waals surface area contributed by atoms with E-state index in [0.717, 1.165) is 18.0 Å². The van der Waals surface area contributed by atoms with Crippen LogP contribution < -0.4 is 5.32 Å². The predicted molar refractivity (Wildman–Crippen MR) is 70.6 cm³/mol. The summed E-state index contributed by atoms with van der Waals surface area (Å²) in [5.74, 6) is 0.0236. The van der Waals surface area contributed by atoms with E-state index in [0.29, 0.717) is 19.7 Å². The van der Waals surface area contributed by atoms with Gasteiger partial charge in [0.2, 0.25) is 0 Å². The molecule has 1 saturated heterocycles. The van der Waals surface area contributed by atoms with Crippen LogP contribution in [0.15, 0.2) is 6.20 Å². The number of aromatic nitrogens is 1. The Morgan fingerprint density at radius 3 is 3.17 bits per heavy atom. The first-order valence-corrected chi connectivity index (χ1v) is 7.03. The van der Waals surface area contributed by atoms with E-state index in [4.69, 9.17) is 4.74 Å². The number of thiazole rings is 1. The third kappa shape index (κ3) is 3.28. The van der Waals surface area contributed by atoms with Gasteiger partial charge >= 0.3 is 0 Å². The van der Waals surface area contributed by atoms with Crippen LogP contribution in [0.5, 0.6) is 0 Å². The average molecular weight is 269 g/mol. The van der Waals surface area contributed by atoms with Crippen molar-refractivity contribution in [2.24, 2.45) is 0 Å². The molecule has 5 nitrogen and oxygen atoms in total. The number of likely N-dealkylation sites (N-methyl/N-ethyl adjacent to an activating group) is 1. The molecule has 1 aromatic heterocycles. The van der Waals surface area contributed by atoms with E-state index in [1.807, 2.05) is 6.20 Å². The molecule has 0 spiro atoms. The Morgan fingerprint density at radius 1 is 1.72 bits per heavy atom. The maximum Gasteiger partial charge on any atom is 0.253 e. The van der Waals surface area contributed by atoms with E-state index in [9.17, 15) is 4.79 Å². The standard InChI is InChI=1S/C12H19N3O2S/c1-3-9-6-14-11(18-9)8-15(2)12(16)10-7-13-4-5-17-10/h6,10,13H,3-5,7-8H2,1-2H3. The molecule has 2 rings (SSSR count). The van der Waals surface area contributed by atoms with Gasteiger partial charge in [-0.2, -0.15) is 0 Å². The van der Waals surface area contributed by atoms with Crippen LogP contribution in [0.4, 0.5) is 0 Å². The molecule has 1 aliphatic rings. The summed E-state index contributed by atoms with van der Waals surface area (Å²) in [7, 11) is 1.80. The maximum absolute atomic E-state index is 12.1. The largest absolute Gasteiger partial charge is 0.366 e. The molecule has 2 heterocycles. The third-order valence-electron chi connectivity index (χ3n) is 2.90. The molecular weight excluding hydrogens is 250 g/mol. The van der Waals surface area contributed by atoms with Crippen molar-refractivity contribution in [1.82, 2.24) is 15.2 Å². The molecule has 0 aromatic carbocycles. The number of morpholine rings is 1. The number of ether oxygens (including phenoxy) is 1. The van der Waals surface area contributed by atoms with Crippen LogP contribution in [0.1, 0.15) is 16.8 Å². The topological polar surface area (TPSA) is 54.5 Å². The highest BCUT2D eigenvalue weighted by atomic mass is 32.1. The second kappa shape index (κ2) is 6.26. The highest BCUT2D eigenvalue weighted by Crippen LogP contribution is 2.15. The molecule has 1 aliphatic heterocycles. The van der Waals surface area contributed by atoms with Gasteiger partial charge in [0, 0.05) is 31.2 Å². The smallest absolute Gasteiger partial charge is 0.253 e. The predicted octanol–water partition coefficient (Wildman–Crippen LogP) is 0.652. The van der Waals surface area contributed by atoms with Gasteiger partial charge in [0.15, 0.2) is 0 Å². The molecule has 0 saturated carbocycles. The van der Waals surface area contributed by atoms with Crippen LogP contribution in [-0.2, 0) is 22.5 Å². The number of amides is 1. The first-order valence-electron chi connectivity index (χ1n) is 6.21. The summed E-state index contributed by atoms with van der Waals surface area (Å²) >= 11 is 1.66. The van der Waals surface area contributed by atoms with E-state index in [2.05, 4.69) is 17.2 Å². The summed E-state index contributed by atoms with van der Waals surface area (Å²) in [6.07, 6.45) is 2.52. The summed E-state index contributed by atoms with van der Waals surface area (Å²) < 4.78 is 5.45. The SMILES string of the molecule is CCc1cnc(CN(C)C(=O)C2CNCCO2)s1. The molecule has 18 heavy (non-hydrogen) atoms. The molecule has 1 unspecified atom stereocenters. The number of hydrogen-bond donors (Lipinski definition) is 1. The van der Waals surface area contributed by atoms with Crippen molar-refractivity contribution in [1.29, 1.82) is 0 Å². The fourth-order valence-electron chi connectivity index (χ4n) is 1.84. The quantitative estimate of drug-likeness (QED) is 0.872. The van der Waals surface area contributed by atoms with Crippen LogP contribution in [-0.4, -0.2) is 48.6 Å². The number of nitrogens with one attached hydrogen (secondary N) is 1. The van der Waals surface area contributed by atoms with Gasteiger partial charge in [-0.25, -0.2) is 4.98 Å². The fraction of sp³-hybridized carbons (Fsp3) is 0.667. The first-order chi connectivity index (χ1) is 8.70. The number of rotatable bonds is 4. The molecule has 1 aromatic rings. The molecule has 1 amide bonds. The van der Waals surface area contributed by atoms with Gasteiger partial charge in [0.1, 0.15) is 11.1 Å². The van der Waals surface area contributed by atoms with Gasteiger partial charge in [-0.05, 0) is 6.42 Å². The molecule has 0 aliphatic carbocycles. The highest BCUT2D eigenvalue weighted by Gasteiger charge is 2.25. The summed E-state index contributed by atoms with van der Waals surface area (Å²) in [5.41, 5.74) is 0. The van der Waals surface area contributed by atoms with E-state index in [-0.39, 0.29) is 12.0 Å². The minimum atomic E-state index is -0.352. The van der Waals surface area contributed by atoms with Crippen LogP contribution in [0.3, 0.4) is 0 Å². The number of aryl methyl sites for hydroxylation is 1. The Morgan fingerprint density at radius 2 is 2.56 bits per heavy atom. The lowest BCUT2D eigenvalue weighted by molar-refractivity contribution is -0.144. The summed E-state index contributed by atoms with van der Waals surface area (Å²) in [5, 5.41) is 4.14. The summed E-state index contributed by atoms with van der Waals surface area (Å²) in [4.78, 5) is 19.4. The lowest BCUT2D eigenvalue weighted by atomic mass is 10.2. The molecule has 0 bridgehead atoms. The minimum Gasteiger partial charge on any atom is -0.366 e. The number of hydrogen-bond acceptors (Lipinski definition) is 5. The van der Waals surface area contributed by atoms with Crippen LogP contribution >= 0.6 is 11.3 Å². The van der Waals surface area contributed by atoms with Crippen molar-refractivity contribution in [2.45, 2.75) is 26.0 Å². The highest BCUT2D eigenvalue weighted by molar-refractivity contribution is 7.11. The minimum absolute atomic E-state index is 0.0236. The van der Waals surface area contributed by atoms with Gasteiger partial charge < -0.3 is 15.0 Å². The van der Waals surface area contributed by atoms with Gasteiger partial charge in [-0.15, -0.1) is 11.3 Å². The van der Waals surface area contributed by atoms with Crippen molar-refractivity contribution in [2.75, 3.05) is 26.7 Å². The lowest BCUT2D eigenvalue weighted by Gasteiger charge is -2.26. The lowest BCUT2D eigenvalue weighted by Crippen LogP contribution is -2.48. The molecule has 0 radical (unpaired) electrons. The van der Waals surface area contributed by atoms with Crippen molar-refractivity contribution < 1.29 is 9.53 Å². The Kier molecular flexibility index (Phi) is 4.68. The molecule has 100 valence electrons. The Hall–Kier alpha value is -0.980. The van der Waals surface area contributed by atoms with Crippen molar-refractivity contribution in [3.63, 3.8) is 0 Å². The van der Waals surface area contributed by atoms with Gasteiger partial charge in [0.05, 0.1) is 13.2 Å². The van der Waals surface area contributed by atoms with Gasteiger partial charge in [-0.3, -0.25) is 4.79 Å². The van der Waals surface area contributed by atoms with E-state index in [1.165, 1.54) is 4.88 Å². The molecule has 6 heteroatoms.